The van der Waals surface area contributed by atoms with Crippen molar-refractivity contribution in [3.05, 3.63) is 72.8 Å². The Morgan fingerprint density at radius 2 is 1.06 bits per heavy atom. The average molecular weight is 477 g/mol. The van der Waals surface area contributed by atoms with Gasteiger partial charge in [-0.3, -0.25) is 0 Å². The topological polar surface area (TPSA) is 65.3 Å². The molecule has 182 valence electrons. The zero-order valence-electron chi connectivity index (χ0n) is 19.8. The molecular weight excluding hydrogens is 446 g/mol. The molecule has 0 radical (unpaired) electrons. The molecule has 35 heavy (non-hydrogen) atoms. The summed E-state index contributed by atoms with van der Waals surface area (Å²) in [5, 5.41) is 0. The Morgan fingerprint density at radius 3 is 1.51 bits per heavy atom. The lowest BCUT2D eigenvalue weighted by atomic mass is 10.1. The van der Waals surface area contributed by atoms with Gasteiger partial charge in [-0.2, -0.15) is 0 Å². The van der Waals surface area contributed by atoms with Crippen molar-refractivity contribution in [2.24, 2.45) is 0 Å². The molecule has 3 aliphatic heterocycles. The van der Waals surface area contributed by atoms with Crippen LogP contribution in [0.4, 0.5) is 17.1 Å². The molecule has 7 heteroatoms. The van der Waals surface area contributed by atoms with E-state index in [9.17, 15) is 0 Å². The minimum absolute atomic E-state index is 0.169. The monoisotopic (exact) mass is 476 g/mol. The van der Waals surface area contributed by atoms with Gasteiger partial charge in [0.2, 0.25) is 0 Å². The lowest BCUT2D eigenvalue weighted by Crippen LogP contribution is -2.35. The highest BCUT2D eigenvalue weighted by Gasteiger charge is 2.38. The van der Waals surface area contributed by atoms with Crippen molar-refractivity contribution in [3.8, 4) is 17.2 Å². The summed E-state index contributed by atoms with van der Waals surface area (Å²) in [4.78, 5) is 0. The van der Waals surface area contributed by atoms with Crippen molar-refractivity contribution in [2.75, 3.05) is 46.7 Å². The Morgan fingerprint density at radius 1 is 0.629 bits per heavy atom. The lowest BCUT2D eigenvalue weighted by Gasteiger charge is -2.35. The molecule has 0 spiro atoms. The second-order valence-corrected chi connectivity index (χ2v) is 9.23. The molecule has 3 aliphatic rings. The molecule has 0 saturated carbocycles. The van der Waals surface area contributed by atoms with Crippen LogP contribution >= 0.6 is 0 Å². The largest absolute Gasteiger partial charge is 0.491 e. The van der Waals surface area contributed by atoms with Crippen LogP contribution in [-0.2, 0) is 14.2 Å². The minimum Gasteiger partial charge on any atom is -0.491 e. The quantitative estimate of drug-likeness (QED) is 0.281. The molecule has 6 rings (SSSR count). The molecular formula is C28H30NO6+. The van der Waals surface area contributed by atoms with E-state index in [0.717, 1.165) is 54.1 Å². The third kappa shape index (κ3) is 5.13. The Labute approximate surface area is 205 Å². The lowest BCUT2D eigenvalue weighted by molar-refractivity contribution is 0.257. The minimum atomic E-state index is 0.169. The third-order valence-electron chi connectivity index (χ3n) is 6.54. The first-order valence-corrected chi connectivity index (χ1v) is 12.1. The van der Waals surface area contributed by atoms with Crippen molar-refractivity contribution >= 4 is 17.1 Å². The molecule has 0 amide bonds. The van der Waals surface area contributed by atoms with Crippen molar-refractivity contribution < 1.29 is 28.4 Å². The van der Waals surface area contributed by atoms with Gasteiger partial charge in [-0.15, -0.1) is 0 Å². The number of nitrogens with zero attached hydrogens (tertiary/aromatic N) is 1. The van der Waals surface area contributed by atoms with E-state index in [1.54, 1.807) is 0 Å². The molecule has 0 aromatic heterocycles. The first-order chi connectivity index (χ1) is 17.2. The second kappa shape index (κ2) is 9.51. The zero-order chi connectivity index (χ0) is 23.7. The zero-order valence-corrected chi connectivity index (χ0v) is 19.8. The van der Waals surface area contributed by atoms with Crippen LogP contribution < -0.4 is 18.7 Å². The van der Waals surface area contributed by atoms with Crippen LogP contribution in [0.15, 0.2) is 72.8 Å². The molecule has 0 aliphatic carbocycles. The molecule has 3 aromatic rings. The number of para-hydroxylation sites is 4. The second-order valence-electron chi connectivity index (χ2n) is 9.23. The molecule has 3 unspecified atom stereocenters. The van der Waals surface area contributed by atoms with Crippen molar-refractivity contribution in [1.82, 2.24) is 4.48 Å². The maximum Gasteiger partial charge on any atom is 0.185 e. The van der Waals surface area contributed by atoms with E-state index < -0.39 is 0 Å². The van der Waals surface area contributed by atoms with E-state index in [2.05, 4.69) is 31.3 Å². The van der Waals surface area contributed by atoms with Crippen LogP contribution in [0.25, 0.3) is 0 Å². The van der Waals surface area contributed by atoms with Crippen molar-refractivity contribution in [2.45, 2.75) is 18.3 Å². The van der Waals surface area contributed by atoms with Crippen molar-refractivity contribution in [1.29, 1.82) is 0 Å². The van der Waals surface area contributed by atoms with Crippen LogP contribution in [0.2, 0.25) is 0 Å². The fraction of sp³-hybridized carbons (Fsp3) is 0.357. The number of hydrogen-bond donors (Lipinski definition) is 0. The number of rotatable bonds is 12. The fourth-order valence-electron chi connectivity index (χ4n) is 4.19. The Hall–Kier alpha value is -3.10. The number of quaternary nitrogens is 1. The summed E-state index contributed by atoms with van der Waals surface area (Å²) >= 11 is 0. The molecule has 3 fully saturated rings. The van der Waals surface area contributed by atoms with Crippen LogP contribution in [0, 0.1) is 0 Å². The standard InChI is InChI=1S/C28H30NO6/c1-29(20-10-12-21(13-11-20)30-14-22-15-31-22,25-6-2-4-8-27(25)34-18-23-16-32-23)26-7-3-5-9-28(26)35-19-24-17-33-24/h2-13,22-24H,14-19H2,1H3/q+1. The summed E-state index contributed by atoms with van der Waals surface area (Å²) in [6.07, 6.45) is 0.556. The van der Waals surface area contributed by atoms with Gasteiger partial charge in [0.25, 0.3) is 0 Å². The number of epoxide rings is 3. The molecule has 7 nitrogen and oxygen atoms in total. The Balaban J connectivity index is 1.39. The molecule has 0 N–H and O–H groups in total. The van der Waals surface area contributed by atoms with Gasteiger partial charge in [-0.05, 0) is 24.3 Å². The molecule has 0 bridgehead atoms. The molecule has 3 saturated heterocycles. The summed E-state index contributed by atoms with van der Waals surface area (Å²) < 4.78 is 34.8. The fourth-order valence-corrected chi connectivity index (χ4v) is 4.19. The van der Waals surface area contributed by atoms with E-state index in [0.29, 0.717) is 24.3 Å². The summed E-state index contributed by atoms with van der Waals surface area (Å²) in [7, 11) is 2.17. The maximum atomic E-state index is 6.25. The number of hydrogen-bond acceptors (Lipinski definition) is 6. The SMILES string of the molecule is C[N+](c1ccc(OCC2CO2)cc1)(c1ccccc1OCC1CO1)c1ccccc1OCC1CO1. The predicted octanol–water partition coefficient (Wildman–Crippen LogP) is 4.62. The smallest absolute Gasteiger partial charge is 0.185 e. The number of ether oxygens (including phenoxy) is 6. The Kier molecular flexibility index (Phi) is 6.08. The summed E-state index contributed by atoms with van der Waals surface area (Å²) in [5.41, 5.74) is 3.07. The van der Waals surface area contributed by atoms with Gasteiger partial charge in [-0.1, -0.05) is 24.3 Å². The average Bonchev–Trinajstić information content (AvgIpc) is 3.76. The van der Waals surface area contributed by atoms with Gasteiger partial charge >= 0.3 is 0 Å². The summed E-state index contributed by atoms with van der Waals surface area (Å²) in [6, 6.07) is 24.6. The Bertz CT molecular complexity index is 1090. The highest BCUT2D eigenvalue weighted by molar-refractivity contribution is 5.77. The van der Waals surface area contributed by atoms with Gasteiger partial charge in [0, 0.05) is 24.3 Å². The van der Waals surface area contributed by atoms with Gasteiger partial charge in [-0.25, -0.2) is 4.48 Å². The van der Waals surface area contributed by atoms with Crippen LogP contribution in [0.3, 0.4) is 0 Å². The van der Waals surface area contributed by atoms with Gasteiger partial charge in [0.1, 0.15) is 49.6 Å². The summed E-state index contributed by atoms with van der Waals surface area (Å²) in [6.45, 7) is 3.92. The maximum absolute atomic E-state index is 6.25. The van der Waals surface area contributed by atoms with Crippen molar-refractivity contribution in [3.63, 3.8) is 0 Å². The van der Waals surface area contributed by atoms with Gasteiger partial charge in [0.15, 0.2) is 22.9 Å². The van der Waals surface area contributed by atoms with E-state index in [-0.39, 0.29) is 18.3 Å². The van der Waals surface area contributed by atoms with Crippen LogP contribution in [0.1, 0.15) is 0 Å². The van der Waals surface area contributed by atoms with Crippen LogP contribution in [-0.4, -0.2) is 65.0 Å². The normalized spacial score (nSPS) is 23.7. The summed E-state index contributed by atoms with van der Waals surface area (Å²) in [5.74, 6) is 2.45. The van der Waals surface area contributed by atoms with E-state index in [1.807, 2.05) is 48.5 Å². The van der Waals surface area contributed by atoms with Gasteiger partial charge < -0.3 is 28.4 Å². The molecule has 3 heterocycles. The predicted molar refractivity (Wildman–Crippen MR) is 132 cm³/mol. The van der Waals surface area contributed by atoms with Crippen LogP contribution in [0.5, 0.6) is 17.2 Å². The number of benzene rings is 3. The third-order valence-corrected chi connectivity index (χ3v) is 6.54. The molecule has 3 aromatic carbocycles. The first-order valence-electron chi connectivity index (χ1n) is 12.1. The van der Waals surface area contributed by atoms with E-state index in [4.69, 9.17) is 28.4 Å². The highest BCUT2D eigenvalue weighted by atomic mass is 16.6. The highest BCUT2D eigenvalue weighted by Crippen LogP contribution is 2.50. The van der Waals surface area contributed by atoms with E-state index >= 15 is 0 Å². The van der Waals surface area contributed by atoms with E-state index in [1.165, 1.54) is 0 Å². The van der Waals surface area contributed by atoms with Gasteiger partial charge in [0.05, 0.1) is 26.9 Å². The molecule has 3 atom stereocenters. The first kappa shape index (κ1) is 22.4.